The Morgan fingerprint density at radius 1 is 1.35 bits per heavy atom. The van der Waals surface area contributed by atoms with E-state index in [1.165, 1.54) is 5.54 Å². The molecule has 0 amide bonds. The number of rotatable bonds is 8. The van der Waals surface area contributed by atoms with Crippen LogP contribution in [0.5, 0.6) is 5.75 Å². The normalized spacial score (nSPS) is 11.8. The number of benzene rings is 1. The maximum Gasteiger partial charge on any atom is 0.148 e. The van der Waals surface area contributed by atoms with Crippen LogP contribution >= 0.6 is 43.5 Å². The molecule has 0 unspecified atom stereocenters. The quantitative estimate of drug-likeness (QED) is 0.621. The van der Waals surface area contributed by atoms with E-state index in [2.05, 4.69) is 37.2 Å². The van der Waals surface area contributed by atoms with Gasteiger partial charge < -0.3 is 14.8 Å². The molecule has 0 saturated heterocycles. The van der Waals surface area contributed by atoms with Crippen LogP contribution in [0.2, 0.25) is 0 Å². The van der Waals surface area contributed by atoms with Crippen LogP contribution < -0.4 is 10.1 Å². The van der Waals surface area contributed by atoms with Crippen LogP contribution in [-0.4, -0.2) is 26.9 Å². The van der Waals surface area contributed by atoms with E-state index >= 15 is 0 Å². The van der Waals surface area contributed by atoms with Crippen molar-refractivity contribution < 1.29 is 9.47 Å². The van der Waals surface area contributed by atoms with Crippen molar-refractivity contribution in [3.8, 4) is 5.75 Å². The summed E-state index contributed by atoms with van der Waals surface area (Å²) in [5.41, 5.74) is 3.66. The predicted octanol–water partition coefficient (Wildman–Crippen LogP) is 4.47. The fourth-order valence-corrected chi connectivity index (χ4v) is 3.05. The molecule has 1 N–H and O–H groups in total. The van der Waals surface area contributed by atoms with Crippen LogP contribution in [0.1, 0.15) is 12.5 Å². The monoisotopic (exact) mass is 425 g/mol. The van der Waals surface area contributed by atoms with Gasteiger partial charge in [0, 0.05) is 25.7 Å². The topological polar surface area (TPSA) is 30.5 Å². The zero-order valence-electron chi connectivity index (χ0n) is 11.5. The lowest BCUT2D eigenvalue weighted by atomic mass is 10.2. The van der Waals surface area contributed by atoms with Gasteiger partial charge in [-0.2, -0.15) is 0 Å². The number of ether oxygens (including phenoxy) is 2. The molecule has 0 bridgehead atoms. The summed E-state index contributed by atoms with van der Waals surface area (Å²) in [6.07, 6.45) is 0. The third kappa shape index (κ3) is 6.14. The largest absolute Gasteiger partial charge is 0.487 e. The van der Waals surface area contributed by atoms with E-state index in [1.807, 2.05) is 19.1 Å². The Hall–Kier alpha value is -0.0700. The van der Waals surface area contributed by atoms with Gasteiger partial charge in [0.2, 0.25) is 0 Å². The summed E-state index contributed by atoms with van der Waals surface area (Å²) in [6.45, 7) is 4.69. The van der Waals surface area contributed by atoms with Gasteiger partial charge in [-0.15, -0.1) is 0 Å². The van der Waals surface area contributed by atoms with E-state index in [-0.39, 0.29) is 0 Å². The smallest absolute Gasteiger partial charge is 0.148 e. The highest BCUT2D eigenvalue weighted by Crippen LogP contribution is 2.35. The number of methoxy groups -OCH3 is 1. The maximum atomic E-state index is 5.73. The summed E-state index contributed by atoms with van der Waals surface area (Å²) < 4.78 is 12.6. The third-order valence-corrected chi connectivity index (χ3v) is 4.05. The Morgan fingerprint density at radius 3 is 2.55 bits per heavy atom. The van der Waals surface area contributed by atoms with Crippen molar-refractivity contribution in [2.45, 2.75) is 13.5 Å². The molecule has 0 fully saturated rings. The van der Waals surface area contributed by atoms with E-state index in [0.717, 1.165) is 38.9 Å². The van der Waals surface area contributed by atoms with Crippen LogP contribution in [0, 0.1) is 0 Å². The lowest BCUT2D eigenvalue weighted by Gasteiger charge is -2.13. The highest BCUT2D eigenvalue weighted by atomic mass is 79.9. The minimum Gasteiger partial charge on any atom is -0.487 e. The molecule has 0 atom stereocenters. The Morgan fingerprint density at radius 2 is 2.00 bits per heavy atom. The molecule has 1 aromatic rings. The van der Waals surface area contributed by atoms with E-state index < -0.39 is 0 Å². The number of nitrogens with one attached hydrogen (secondary N) is 1. The van der Waals surface area contributed by atoms with Crippen LogP contribution in [-0.2, 0) is 11.3 Å². The standard InChI is InChI=1S/C14H18Br2ClNO2/c1-10(7-17)9-20-14-12(15)5-11(6-13(14)16)8-18-3-4-19-2/h5-7,18H,3-4,8-9H2,1-2H3/b10-7+. The summed E-state index contributed by atoms with van der Waals surface area (Å²) in [5.74, 6) is 0.781. The van der Waals surface area contributed by atoms with Gasteiger partial charge in [0.25, 0.3) is 0 Å². The molecule has 0 aliphatic carbocycles. The molecule has 0 radical (unpaired) electrons. The Kier molecular flexibility index (Phi) is 8.80. The molecule has 0 heterocycles. The first-order chi connectivity index (χ1) is 9.58. The highest BCUT2D eigenvalue weighted by molar-refractivity contribution is 9.11. The van der Waals surface area contributed by atoms with E-state index in [4.69, 9.17) is 21.1 Å². The van der Waals surface area contributed by atoms with Gasteiger partial charge >= 0.3 is 0 Å². The Bertz CT molecular complexity index is 443. The molecule has 3 nitrogen and oxygen atoms in total. The maximum absolute atomic E-state index is 5.73. The predicted molar refractivity (Wildman–Crippen MR) is 90.5 cm³/mol. The van der Waals surface area contributed by atoms with Gasteiger partial charge in [-0.1, -0.05) is 11.6 Å². The van der Waals surface area contributed by atoms with Crippen molar-refractivity contribution in [3.63, 3.8) is 0 Å². The molecule has 0 aliphatic rings. The second-order valence-electron chi connectivity index (χ2n) is 4.30. The second kappa shape index (κ2) is 9.79. The lowest BCUT2D eigenvalue weighted by molar-refractivity contribution is 0.199. The summed E-state index contributed by atoms with van der Waals surface area (Å²) >= 11 is 12.7. The fourth-order valence-electron chi connectivity index (χ4n) is 1.48. The minimum absolute atomic E-state index is 0.464. The molecule has 20 heavy (non-hydrogen) atoms. The van der Waals surface area contributed by atoms with Gasteiger partial charge in [0.15, 0.2) is 0 Å². The lowest BCUT2D eigenvalue weighted by Crippen LogP contribution is -2.18. The molecule has 1 rings (SSSR count). The molecule has 0 aliphatic heterocycles. The van der Waals surface area contributed by atoms with Crippen LogP contribution in [0.15, 0.2) is 32.2 Å². The zero-order chi connectivity index (χ0) is 15.0. The Balaban J connectivity index is 2.66. The number of hydrogen-bond acceptors (Lipinski definition) is 3. The van der Waals surface area contributed by atoms with Crippen molar-refractivity contribution in [1.29, 1.82) is 0 Å². The van der Waals surface area contributed by atoms with E-state index in [0.29, 0.717) is 13.2 Å². The van der Waals surface area contributed by atoms with Crippen molar-refractivity contribution in [2.24, 2.45) is 0 Å². The third-order valence-electron chi connectivity index (χ3n) is 2.50. The van der Waals surface area contributed by atoms with Gasteiger partial charge in [-0.3, -0.25) is 0 Å². The van der Waals surface area contributed by atoms with E-state index in [1.54, 1.807) is 7.11 Å². The van der Waals surface area contributed by atoms with Crippen LogP contribution in [0.4, 0.5) is 0 Å². The first-order valence-electron chi connectivity index (χ1n) is 6.14. The minimum atomic E-state index is 0.464. The van der Waals surface area contributed by atoms with Crippen molar-refractivity contribution in [1.82, 2.24) is 5.32 Å². The van der Waals surface area contributed by atoms with Crippen LogP contribution in [0.3, 0.4) is 0 Å². The van der Waals surface area contributed by atoms with Crippen LogP contribution in [0.25, 0.3) is 0 Å². The van der Waals surface area contributed by atoms with Crippen molar-refractivity contribution >= 4 is 43.5 Å². The van der Waals surface area contributed by atoms with E-state index in [9.17, 15) is 0 Å². The zero-order valence-corrected chi connectivity index (χ0v) is 15.4. The molecular formula is C14H18Br2ClNO2. The van der Waals surface area contributed by atoms with Gasteiger partial charge in [-0.25, -0.2) is 0 Å². The first kappa shape index (κ1) is 18.0. The molecule has 0 saturated carbocycles. The molecule has 112 valence electrons. The Labute approximate surface area is 141 Å². The summed E-state index contributed by atoms with van der Waals surface area (Å²) in [4.78, 5) is 0. The molecule has 0 spiro atoms. The summed E-state index contributed by atoms with van der Waals surface area (Å²) in [7, 11) is 1.69. The number of halogens is 3. The fraction of sp³-hybridized carbons (Fsp3) is 0.429. The molecule has 0 aromatic heterocycles. The average Bonchev–Trinajstić information content (AvgIpc) is 2.42. The van der Waals surface area contributed by atoms with Gasteiger partial charge in [0.05, 0.1) is 15.6 Å². The summed E-state index contributed by atoms with van der Waals surface area (Å²) in [5, 5.41) is 3.30. The first-order valence-corrected chi connectivity index (χ1v) is 8.17. The average molecular weight is 428 g/mol. The van der Waals surface area contributed by atoms with Crippen molar-refractivity contribution in [2.75, 3.05) is 26.9 Å². The van der Waals surface area contributed by atoms with Crippen molar-refractivity contribution in [3.05, 3.63) is 37.7 Å². The summed E-state index contributed by atoms with van der Waals surface area (Å²) in [6, 6.07) is 4.08. The molecule has 6 heteroatoms. The van der Waals surface area contributed by atoms with Gasteiger partial charge in [-0.05, 0) is 62.1 Å². The SMILES string of the molecule is COCCNCc1cc(Br)c(OC/C(C)=C/Cl)c(Br)c1. The highest BCUT2D eigenvalue weighted by Gasteiger charge is 2.09. The number of hydrogen-bond donors (Lipinski definition) is 1. The molecule has 1 aromatic carbocycles. The van der Waals surface area contributed by atoms with Gasteiger partial charge in [0.1, 0.15) is 12.4 Å². The second-order valence-corrected chi connectivity index (χ2v) is 6.23. The molecular weight excluding hydrogens is 409 g/mol.